The van der Waals surface area contributed by atoms with Crippen LogP contribution in [-0.2, 0) is 4.74 Å². The standard InChI is InChI=1S/C11H8Cl2N2O2/c1-2-17-11(16)7-5-15-9-6(8(7)12)3-4-14-10(9)13/h3-5H,2H2,1H3. The normalized spacial score (nSPS) is 10.5. The molecule has 2 heterocycles. The summed E-state index contributed by atoms with van der Waals surface area (Å²) < 4.78 is 4.88. The number of hydrogen-bond acceptors (Lipinski definition) is 4. The molecule has 0 aliphatic heterocycles. The van der Waals surface area contributed by atoms with Gasteiger partial charge in [-0.2, -0.15) is 0 Å². The van der Waals surface area contributed by atoms with Crippen LogP contribution in [0.3, 0.4) is 0 Å². The first-order chi connectivity index (χ1) is 8.15. The van der Waals surface area contributed by atoms with E-state index in [2.05, 4.69) is 9.97 Å². The van der Waals surface area contributed by atoms with Gasteiger partial charge < -0.3 is 4.74 Å². The number of esters is 1. The first-order valence-electron chi connectivity index (χ1n) is 4.91. The maximum Gasteiger partial charge on any atom is 0.341 e. The fourth-order valence-corrected chi connectivity index (χ4v) is 1.90. The van der Waals surface area contributed by atoms with Gasteiger partial charge in [-0.25, -0.2) is 9.78 Å². The molecule has 0 atom stereocenters. The summed E-state index contributed by atoms with van der Waals surface area (Å²) in [6, 6.07) is 1.65. The molecule has 17 heavy (non-hydrogen) atoms. The summed E-state index contributed by atoms with van der Waals surface area (Å²) in [6.45, 7) is 2.01. The monoisotopic (exact) mass is 270 g/mol. The van der Waals surface area contributed by atoms with Crippen LogP contribution in [0.5, 0.6) is 0 Å². The van der Waals surface area contributed by atoms with Crippen LogP contribution in [-0.4, -0.2) is 22.5 Å². The lowest BCUT2D eigenvalue weighted by Crippen LogP contribution is -2.06. The number of nitrogens with zero attached hydrogens (tertiary/aromatic N) is 2. The zero-order chi connectivity index (χ0) is 12.4. The van der Waals surface area contributed by atoms with E-state index in [0.29, 0.717) is 10.9 Å². The smallest absolute Gasteiger partial charge is 0.341 e. The lowest BCUT2D eigenvalue weighted by Gasteiger charge is -2.06. The maximum absolute atomic E-state index is 11.6. The van der Waals surface area contributed by atoms with E-state index in [1.54, 1.807) is 13.0 Å². The average Bonchev–Trinajstić information content (AvgIpc) is 2.31. The van der Waals surface area contributed by atoms with Crippen LogP contribution in [0, 0.1) is 0 Å². The summed E-state index contributed by atoms with van der Waals surface area (Å²) in [5.74, 6) is -0.500. The lowest BCUT2D eigenvalue weighted by atomic mass is 10.2. The molecule has 0 bridgehead atoms. The van der Waals surface area contributed by atoms with Crippen LogP contribution in [0.15, 0.2) is 18.5 Å². The SMILES string of the molecule is CCOC(=O)c1cnc2c(Cl)nccc2c1Cl. The Hall–Kier alpha value is -1.39. The van der Waals surface area contributed by atoms with Gasteiger partial charge in [0.05, 0.1) is 17.2 Å². The average molecular weight is 271 g/mol. The summed E-state index contributed by atoms with van der Waals surface area (Å²) in [5, 5.41) is 1.11. The predicted octanol–water partition coefficient (Wildman–Crippen LogP) is 3.11. The van der Waals surface area contributed by atoms with Crippen molar-refractivity contribution in [3.05, 3.63) is 34.2 Å². The highest BCUT2D eigenvalue weighted by Crippen LogP contribution is 2.28. The van der Waals surface area contributed by atoms with Crippen molar-refractivity contribution in [3.8, 4) is 0 Å². The van der Waals surface area contributed by atoms with Crippen molar-refractivity contribution in [2.75, 3.05) is 6.61 Å². The summed E-state index contributed by atoms with van der Waals surface area (Å²) in [7, 11) is 0. The Morgan fingerprint density at radius 1 is 1.41 bits per heavy atom. The molecule has 0 aliphatic rings. The van der Waals surface area contributed by atoms with Gasteiger partial charge in [0.2, 0.25) is 0 Å². The van der Waals surface area contributed by atoms with E-state index < -0.39 is 5.97 Å². The molecular weight excluding hydrogens is 263 g/mol. The molecule has 0 amide bonds. The summed E-state index contributed by atoms with van der Waals surface area (Å²) >= 11 is 12.0. The van der Waals surface area contributed by atoms with Crippen LogP contribution in [0.1, 0.15) is 17.3 Å². The third-order valence-corrected chi connectivity index (χ3v) is 2.85. The van der Waals surface area contributed by atoms with E-state index in [9.17, 15) is 4.79 Å². The Bertz CT molecular complexity index is 587. The van der Waals surface area contributed by atoms with Crippen molar-refractivity contribution in [1.29, 1.82) is 0 Å². The fraction of sp³-hybridized carbons (Fsp3) is 0.182. The van der Waals surface area contributed by atoms with Gasteiger partial charge in [-0.1, -0.05) is 23.2 Å². The molecule has 2 rings (SSSR count). The number of halogens is 2. The van der Waals surface area contributed by atoms with E-state index in [0.717, 1.165) is 0 Å². The molecule has 0 aromatic carbocycles. The Morgan fingerprint density at radius 3 is 2.88 bits per heavy atom. The van der Waals surface area contributed by atoms with Crippen LogP contribution in [0.4, 0.5) is 0 Å². The van der Waals surface area contributed by atoms with Crippen LogP contribution >= 0.6 is 23.2 Å². The van der Waals surface area contributed by atoms with E-state index in [4.69, 9.17) is 27.9 Å². The molecule has 4 nitrogen and oxygen atoms in total. The second-order valence-electron chi connectivity index (χ2n) is 3.20. The molecule has 2 aromatic rings. The molecule has 0 fully saturated rings. The fourth-order valence-electron chi connectivity index (χ4n) is 1.41. The van der Waals surface area contributed by atoms with Crippen molar-refractivity contribution in [2.24, 2.45) is 0 Å². The van der Waals surface area contributed by atoms with Gasteiger partial charge in [-0.15, -0.1) is 0 Å². The lowest BCUT2D eigenvalue weighted by molar-refractivity contribution is 0.0526. The molecule has 0 saturated heterocycles. The minimum atomic E-state index is -0.500. The second kappa shape index (κ2) is 4.85. The van der Waals surface area contributed by atoms with Gasteiger partial charge in [-0.05, 0) is 13.0 Å². The van der Waals surface area contributed by atoms with Crippen molar-refractivity contribution >= 4 is 40.1 Å². The van der Waals surface area contributed by atoms with Gasteiger partial charge in [0, 0.05) is 17.8 Å². The number of hydrogen-bond donors (Lipinski definition) is 0. The highest BCUT2D eigenvalue weighted by atomic mass is 35.5. The third-order valence-electron chi connectivity index (χ3n) is 2.17. The van der Waals surface area contributed by atoms with Gasteiger partial charge in [0.1, 0.15) is 5.52 Å². The predicted molar refractivity (Wildman–Crippen MR) is 65.5 cm³/mol. The van der Waals surface area contributed by atoms with Crippen molar-refractivity contribution in [2.45, 2.75) is 6.92 Å². The Labute approximate surface area is 108 Å². The molecule has 0 radical (unpaired) electrons. The number of pyridine rings is 2. The quantitative estimate of drug-likeness (QED) is 0.622. The van der Waals surface area contributed by atoms with Gasteiger partial charge in [0.25, 0.3) is 0 Å². The largest absolute Gasteiger partial charge is 0.462 e. The van der Waals surface area contributed by atoms with Crippen molar-refractivity contribution < 1.29 is 9.53 Å². The Balaban J connectivity index is 2.62. The summed E-state index contributed by atoms with van der Waals surface area (Å²) in [5.41, 5.74) is 0.690. The van der Waals surface area contributed by atoms with E-state index in [1.165, 1.54) is 12.4 Å². The van der Waals surface area contributed by atoms with Crippen molar-refractivity contribution in [1.82, 2.24) is 9.97 Å². The van der Waals surface area contributed by atoms with Crippen LogP contribution in [0.25, 0.3) is 10.9 Å². The third kappa shape index (κ3) is 2.18. The van der Waals surface area contributed by atoms with Gasteiger partial charge in [-0.3, -0.25) is 4.98 Å². The molecule has 0 N–H and O–H groups in total. The first-order valence-corrected chi connectivity index (χ1v) is 5.66. The topological polar surface area (TPSA) is 52.1 Å². The molecule has 0 unspecified atom stereocenters. The van der Waals surface area contributed by atoms with Crippen LogP contribution < -0.4 is 0 Å². The number of carbonyl (C=O) groups excluding carboxylic acids is 1. The van der Waals surface area contributed by atoms with Crippen LogP contribution in [0.2, 0.25) is 10.2 Å². The molecule has 0 aliphatic carbocycles. The Morgan fingerprint density at radius 2 is 2.18 bits per heavy atom. The van der Waals surface area contributed by atoms with Gasteiger partial charge in [0.15, 0.2) is 5.15 Å². The summed E-state index contributed by atoms with van der Waals surface area (Å²) in [6.07, 6.45) is 2.85. The van der Waals surface area contributed by atoms with Crippen molar-refractivity contribution in [3.63, 3.8) is 0 Å². The highest BCUT2D eigenvalue weighted by Gasteiger charge is 2.16. The Kier molecular flexibility index (Phi) is 3.45. The zero-order valence-electron chi connectivity index (χ0n) is 8.91. The second-order valence-corrected chi connectivity index (χ2v) is 3.94. The molecule has 88 valence electrons. The number of carbonyl (C=O) groups is 1. The summed E-state index contributed by atoms with van der Waals surface area (Å²) in [4.78, 5) is 19.6. The van der Waals surface area contributed by atoms with Gasteiger partial charge >= 0.3 is 5.97 Å². The van der Waals surface area contributed by atoms with E-state index in [-0.39, 0.29) is 22.3 Å². The minimum Gasteiger partial charge on any atom is -0.462 e. The van der Waals surface area contributed by atoms with E-state index in [1.807, 2.05) is 0 Å². The molecular formula is C11H8Cl2N2O2. The first kappa shape index (κ1) is 12.1. The number of ether oxygens (including phenoxy) is 1. The highest BCUT2D eigenvalue weighted by molar-refractivity contribution is 6.40. The van der Waals surface area contributed by atoms with E-state index >= 15 is 0 Å². The molecule has 0 saturated carbocycles. The minimum absolute atomic E-state index is 0.225. The number of fused-ring (bicyclic) bond motifs is 1. The molecule has 6 heteroatoms. The zero-order valence-corrected chi connectivity index (χ0v) is 10.4. The maximum atomic E-state index is 11.6. The molecule has 2 aromatic heterocycles. The number of aromatic nitrogens is 2. The number of rotatable bonds is 2. The molecule has 0 spiro atoms.